The van der Waals surface area contributed by atoms with Gasteiger partial charge in [0, 0.05) is 0 Å². The Hall–Kier alpha value is -2.20. The molecule has 0 saturated carbocycles. The topological polar surface area (TPSA) is 67.5 Å². The molecule has 1 heterocycles. The highest BCUT2D eigenvalue weighted by molar-refractivity contribution is 6.08. The molecule has 1 aromatic heterocycles. The Morgan fingerprint density at radius 3 is 2.52 bits per heavy atom. The lowest BCUT2D eigenvalue weighted by Crippen LogP contribution is -2.52. The monoisotopic (exact) mass is 284 g/mol. The van der Waals surface area contributed by atoms with Gasteiger partial charge in [-0.1, -0.05) is 30.3 Å². The number of hydrogen-bond acceptors (Lipinski definition) is 4. The molecule has 3 atom stereocenters. The molecule has 0 unspecified atom stereocenters. The van der Waals surface area contributed by atoms with Crippen LogP contribution in [0.2, 0.25) is 0 Å². The van der Waals surface area contributed by atoms with Crippen LogP contribution < -0.4 is 0 Å². The number of hydrogen-bond donors (Lipinski definition) is 1. The van der Waals surface area contributed by atoms with Crippen LogP contribution in [0.25, 0.3) is 0 Å². The first-order chi connectivity index (χ1) is 9.94. The van der Waals surface area contributed by atoms with Gasteiger partial charge in [-0.05, 0) is 25.5 Å². The van der Waals surface area contributed by atoms with E-state index in [0.717, 1.165) is 5.56 Å². The van der Waals surface area contributed by atoms with Crippen molar-refractivity contribution in [3.05, 3.63) is 59.5 Å². The molecule has 0 fully saturated rings. The van der Waals surface area contributed by atoms with Gasteiger partial charge in [-0.3, -0.25) is 9.59 Å². The summed E-state index contributed by atoms with van der Waals surface area (Å²) < 4.78 is 5.48. The summed E-state index contributed by atoms with van der Waals surface area (Å²) in [5.74, 6) is -1.55. The highest BCUT2D eigenvalue weighted by atomic mass is 16.3. The fourth-order valence-electron chi connectivity index (χ4n) is 3.27. The number of aliphatic hydroxyl groups is 1. The normalized spacial score (nSPS) is 28.2. The van der Waals surface area contributed by atoms with E-state index in [-0.39, 0.29) is 5.78 Å². The predicted octanol–water partition coefficient (Wildman–Crippen LogP) is 2.56. The Morgan fingerprint density at radius 2 is 1.90 bits per heavy atom. The number of benzene rings is 1. The number of carbonyl (C=O) groups excluding carboxylic acids is 2. The largest absolute Gasteiger partial charge is 0.468 e. The molecular formula is C17H16O4. The summed E-state index contributed by atoms with van der Waals surface area (Å²) in [5, 5.41) is 10.7. The van der Waals surface area contributed by atoms with E-state index in [1.54, 1.807) is 6.07 Å². The van der Waals surface area contributed by atoms with Crippen LogP contribution >= 0.6 is 0 Å². The summed E-state index contributed by atoms with van der Waals surface area (Å²) in [6.45, 7) is 2.81. The SMILES string of the molecule is CC(=O)[C@H]1[C@H](c2ccccc2)c2occc2C(=O)[C@]1(C)O. The lowest BCUT2D eigenvalue weighted by atomic mass is 9.65. The average molecular weight is 284 g/mol. The molecule has 21 heavy (non-hydrogen) atoms. The van der Waals surface area contributed by atoms with Crippen molar-refractivity contribution in [1.82, 2.24) is 0 Å². The molecule has 0 spiro atoms. The lowest BCUT2D eigenvalue weighted by molar-refractivity contribution is -0.128. The summed E-state index contributed by atoms with van der Waals surface area (Å²) >= 11 is 0. The van der Waals surface area contributed by atoms with Crippen molar-refractivity contribution in [3.63, 3.8) is 0 Å². The molecule has 0 saturated heterocycles. The minimum absolute atomic E-state index is 0.232. The van der Waals surface area contributed by atoms with Crippen LogP contribution in [-0.2, 0) is 4.79 Å². The summed E-state index contributed by atoms with van der Waals surface area (Å²) in [6, 6.07) is 10.9. The number of carbonyl (C=O) groups is 2. The van der Waals surface area contributed by atoms with Crippen molar-refractivity contribution in [2.75, 3.05) is 0 Å². The lowest BCUT2D eigenvalue weighted by Gasteiger charge is -2.39. The highest BCUT2D eigenvalue weighted by Crippen LogP contribution is 2.46. The maximum absolute atomic E-state index is 12.4. The van der Waals surface area contributed by atoms with Gasteiger partial charge in [0.2, 0.25) is 0 Å². The van der Waals surface area contributed by atoms with Gasteiger partial charge >= 0.3 is 0 Å². The van der Waals surface area contributed by atoms with Gasteiger partial charge in [-0.25, -0.2) is 0 Å². The Morgan fingerprint density at radius 1 is 1.24 bits per heavy atom. The van der Waals surface area contributed by atoms with Gasteiger partial charge in [-0.15, -0.1) is 0 Å². The van der Waals surface area contributed by atoms with Crippen LogP contribution in [0.1, 0.15) is 41.4 Å². The van der Waals surface area contributed by atoms with E-state index < -0.39 is 23.2 Å². The van der Waals surface area contributed by atoms with E-state index >= 15 is 0 Å². The molecule has 0 aliphatic heterocycles. The van der Waals surface area contributed by atoms with Gasteiger partial charge in [0.15, 0.2) is 5.78 Å². The summed E-state index contributed by atoms with van der Waals surface area (Å²) in [7, 11) is 0. The third kappa shape index (κ3) is 1.94. The molecule has 0 bridgehead atoms. The smallest absolute Gasteiger partial charge is 0.198 e. The van der Waals surface area contributed by atoms with Crippen molar-refractivity contribution in [1.29, 1.82) is 0 Å². The number of ketones is 2. The standard InChI is InChI=1S/C17H16O4/c1-10(18)14-13(11-6-4-3-5-7-11)15-12(8-9-21-15)16(19)17(14,2)20/h3-9,13-14,20H,1-2H3/t13-,14-,17+/m0/s1. The summed E-state index contributed by atoms with van der Waals surface area (Å²) in [6.07, 6.45) is 1.43. The molecule has 4 heteroatoms. The van der Waals surface area contributed by atoms with Gasteiger partial charge in [-0.2, -0.15) is 0 Å². The van der Waals surface area contributed by atoms with E-state index in [2.05, 4.69) is 0 Å². The van der Waals surface area contributed by atoms with Crippen LogP contribution in [0.4, 0.5) is 0 Å². The third-order valence-electron chi connectivity index (χ3n) is 4.22. The molecule has 0 radical (unpaired) electrons. The second kappa shape index (κ2) is 4.67. The van der Waals surface area contributed by atoms with Gasteiger partial charge in [0.25, 0.3) is 0 Å². The first-order valence-electron chi connectivity index (χ1n) is 6.84. The molecule has 2 aromatic rings. The summed E-state index contributed by atoms with van der Waals surface area (Å²) in [5.41, 5.74) is -0.531. The van der Waals surface area contributed by atoms with Crippen molar-refractivity contribution in [2.24, 2.45) is 5.92 Å². The number of fused-ring (bicyclic) bond motifs is 1. The second-order valence-corrected chi connectivity index (χ2v) is 5.65. The zero-order chi connectivity index (χ0) is 15.2. The van der Waals surface area contributed by atoms with E-state index in [0.29, 0.717) is 11.3 Å². The first-order valence-corrected chi connectivity index (χ1v) is 6.84. The zero-order valence-corrected chi connectivity index (χ0v) is 11.9. The number of rotatable bonds is 2. The molecule has 1 aromatic carbocycles. The Kier molecular flexibility index (Phi) is 3.06. The van der Waals surface area contributed by atoms with Crippen molar-refractivity contribution in [3.8, 4) is 0 Å². The maximum atomic E-state index is 12.4. The third-order valence-corrected chi connectivity index (χ3v) is 4.22. The molecule has 1 N–H and O–H groups in total. The molecule has 108 valence electrons. The van der Waals surface area contributed by atoms with E-state index in [4.69, 9.17) is 4.42 Å². The van der Waals surface area contributed by atoms with Gasteiger partial charge in [0.05, 0.1) is 23.7 Å². The fraction of sp³-hybridized carbons (Fsp3) is 0.294. The van der Waals surface area contributed by atoms with Crippen LogP contribution in [0.5, 0.6) is 0 Å². The minimum Gasteiger partial charge on any atom is -0.468 e. The van der Waals surface area contributed by atoms with Crippen LogP contribution in [-0.4, -0.2) is 22.3 Å². The Labute approximate surface area is 122 Å². The van der Waals surface area contributed by atoms with E-state index in [1.165, 1.54) is 20.1 Å². The van der Waals surface area contributed by atoms with Crippen LogP contribution in [0.15, 0.2) is 47.1 Å². The average Bonchev–Trinajstić information content (AvgIpc) is 2.92. The molecule has 0 amide bonds. The van der Waals surface area contributed by atoms with Crippen molar-refractivity contribution in [2.45, 2.75) is 25.4 Å². The second-order valence-electron chi connectivity index (χ2n) is 5.65. The van der Waals surface area contributed by atoms with Gasteiger partial charge in [0.1, 0.15) is 17.1 Å². The van der Waals surface area contributed by atoms with Crippen LogP contribution in [0, 0.1) is 5.92 Å². The maximum Gasteiger partial charge on any atom is 0.198 e. The van der Waals surface area contributed by atoms with Crippen LogP contribution in [0.3, 0.4) is 0 Å². The molecule has 1 aliphatic rings. The van der Waals surface area contributed by atoms with Crippen molar-refractivity contribution >= 4 is 11.6 Å². The van der Waals surface area contributed by atoms with Gasteiger partial charge < -0.3 is 9.52 Å². The number of Topliss-reactive ketones (excluding diaryl/α,β-unsaturated/α-hetero) is 2. The quantitative estimate of drug-likeness (QED) is 0.920. The van der Waals surface area contributed by atoms with E-state index in [9.17, 15) is 14.7 Å². The minimum atomic E-state index is -1.73. The Bertz CT molecular complexity index is 697. The predicted molar refractivity (Wildman–Crippen MR) is 76.1 cm³/mol. The van der Waals surface area contributed by atoms with Crippen molar-refractivity contribution < 1.29 is 19.1 Å². The number of furan rings is 1. The molecule has 4 nitrogen and oxygen atoms in total. The Balaban J connectivity index is 2.26. The van der Waals surface area contributed by atoms with E-state index in [1.807, 2.05) is 30.3 Å². The molecule has 3 rings (SSSR count). The highest BCUT2D eigenvalue weighted by Gasteiger charge is 2.53. The molecule has 1 aliphatic carbocycles. The zero-order valence-electron chi connectivity index (χ0n) is 11.9. The summed E-state index contributed by atoms with van der Waals surface area (Å²) in [4.78, 5) is 24.6. The fourth-order valence-corrected chi connectivity index (χ4v) is 3.27. The first kappa shape index (κ1) is 13.8. The molecular weight excluding hydrogens is 268 g/mol.